The van der Waals surface area contributed by atoms with E-state index in [9.17, 15) is 4.79 Å². The van der Waals surface area contributed by atoms with Gasteiger partial charge in [0.2, 0.25) is 0 Å². The van der Waals surface area contributed by atoms with Crippen molar-refractivity contribution < 1.29 is 0 Å². The van der Waals surface area contributed by atoms with Gasteiger partial charge in [0.15, 0.2) is 5.16 Å². The monoisotopic (exact) mass is 274 g/mol. The summed E-state index contributed by atoms with van der Waals surface area (Å²) in [7, 11) is 0. The van der Waals surface area contributed by atoms with Crippen molar-refractivity contribution in [2.75, 3.05) is 0 Å². The zero-order valence-electron chi connectivity index (χ0n) is 10.3. The lowest BCUT2D eigenvalue weighted by Gasteiger charge is -2.07. The topological polar surface area (TPSA) is 70.7 Å². The van der Waals surface area contributed by atoms with Crippen molar-refractivity contribution in [3.63, 3.8) is 0 Å². The van der Waals surface area contributed by atoms with E-state index in [0.717, 1.165) is 17.1 Å². The summed E-state index contributed by atoms with van der Waals surface area (Å²) in [5, 5.41) is 4.91. The molecule has 0 bridgehead atoms. The van der Waals surface area contributed by atoms with Gasteiger partial charge in [-0.25, -0.2) is 9.97 Å². The van der Waals surface area contributed by atoms with Gasteiger partial charge in [-0.05, 0) is 36.2 Å². The van der Waals surface area contributed by atoms with E-state index in [4.69, 9.17) is 0 Å². The van der Waals surface area contributed by atoms with Gasteiger partial charge in [0.05, 0.1) is 0 Å². The van der Waals surface area contributed by atoms with Gasteiger partial charge in [-0.15, -0.1) is 0 Å². The maximum Gasteiger partial charge on any atom is 0.251 e. The number of hydrogen-bond acceptors (Lipinski definition) is 5. The van der Waals surface area contributed by atoms with Crippen molar-refractivity contribution in [1.82, 2.24) is 20.3 Å². The highest BCUT2D eigenvalue weighted by molar-refractivity contribution is 7.99. The van der Waals surface area contributed by atoms with Crippen molar-refractivity contribution in [3.05, 3.63) is 46.5 Å². The third kappa shape index (κ3) is 3.42. The van der Waals surface area contributed by atoms with Crippen molar-refractivity contribution in [2.45, 2.75) is 35.6 Å². The van der Waals surface area contributed by atoms with Crippen LogP contribution in [0.4, 0.5) is 0 Å². The zero-order chi connectivity index (χ0) is 13.1. The van der Waals surface area contributed by atoms with Gasteiger partial charge in [-0.3, -0.25) is 4.79 Å². The van der Waals surface area contributed by atoms with Gasteiger partial charge in [0.25, 0.3) is 5.56 Å². The molecule has 1 aliphatic rings. The van der Waals surface area contributed by atoms with E-state index in [0.29, 0.717) is 11.2 Å². The Hall–Kier alpha value is -1.66. The molecule has 0 amide bonds. The van der Waals surface area contributed by atoms with Crippen LogP contribution >= 0.6 is 11.8 Å². The lowest BCUT2D eigenvalue weighted by molar-refractivity contribution is 0.675. The summed E-state index contributed by atoms with van der Waals surface area (Å²) in [6, 6.07) is 6.03. The maximum absolute atomic E-state index is 11.2. The second-order valence-corrected chi connectivity index (χ2v) is 5.44. The Morgan fingerprint density at radius 3 is 3.00 bits per heavy atom. The van der Waals surface area contributed by atoms with Gasteiger partial charge < -0.3 is 10.3 Å². The molecule has 1 saturated carbocycles. The molecule has 19 heavy (non-hydrogen) atoms. The molecule has 0 spiro atoms. The minimum atomic E-state index is -0.147. The van der Waals surface area contributed by atoms with Crippen LogP contribution < -0.4 is 10.9 Å². The summed E-state index contributed by atoms with van der Waals surface area (Å²) in [6.45, 7) is 0.803. The molecule has 1 fully saturated rings. The summed E-state index contributed by atoms with van der Waals surface area (Å²) in [5.41, 5.74) is 0.983. The molecule has 0 aromatic carbocycles. The van der Waals surface area contributed by atoms with Gasteiger partial charge >= 0.3 is 0 Å². The number of nitrogens with one attached hydrogen (secondary N) is 2. The highest BCUT2D eigenvalue weighted by Gasteiger charge is 2.20. The van der Waals surface area contributed by atoms with Crippen molar-refractivity contribution in [1.29, 1.82) is 0 Å². The first-order valence-corrected chi connectivity index (χ1v) is 7.03. The predicted molar refractivity (Wildman–Crippen MR) is 73.1 cm³/mol. The summed E-state index contributed by atoms with van der Waals surface area (Å²) < 4.78 is 0. The lowest BCUT2D eigenvalue weighted by atomic mass is 10.3. The molecule has 98 valence electrons. The van der Waals surface area contributed by atoms with Crippen LogP contribution in [-0.2, 0) is 6.54 Å². The summed E-state index contributed by atoms with van der Waals surface area (Å²) in [5.74, 6) is 0. The number of H-pyrrole nitrogens is 1. The zero-order valence-corrected chi connectivity index (χ0v) is 11.1. The quantitative estimate of drug-likeness (QED) is 0.810. The maximum atomic E-state index is 11.2. The fourth-order valence-electron chi connectivity index (χ4n) is 1.69. The Bertz CT molecular complexity index is 624. The molecule has 0 aliphatic heterocycles. The molecule has 2 aromatic heterocycles. The molecular weight excluding hydrogens is 260 g/mol. The largest absolute Gasteiger partial charge is 0.310 e. The molecular formula is C13H14N4OS. The van der Waals surface area contributed by atoms with Crippen molar-refractivity contribution in [3.8, 4) is 0 Å². The molecule has 3 rings (SSSR count). The number of hydrogen-bond donors (Lipinski definition) is 2. The highest BCUT2D eigenvalue weighted by atomic mass is 32.2. The first-order valence-electron chi connectivity index (χ1n) is 6.22. The third-order valence-corrected chi connectivity index (χ3v) is 3.81. The molecule has 5 nitrogen and oxygen atoms in total. The van der Waals surface area contributed by atoms with Crippen LogP contribution in [0.15, 0.2) is 45.6 Å². The number of nitrogens with zero attached hydrogens (tertiary/aromatic N) is 2. The third-order valence-electron chi connectivity index (χ3n) is 2.85. The first-order chi connectivity index (χ1) is 9.31. The van der Waals surface area contributed by atoms with Crippen molar-refractivity contribution >= 4 is 11.8 Å². The van der Waals surface area contributed by atoms with E-state index in [1.807, 2.05) is 12.1 Å². The summed E-state index contributed by atoms with van der Waals surface area (Å²) in [6.07, 6.45) is 5.78. The number of rotatable bonds is 5. The predicted octanol–water partition coefficient (Wildman–Crippen LogP) is 1.57. The van der Waals surface area contributed by atoms with Crippen LogP contribution in [0, 0.1) is 0 Å². The van der Waals surface area contributed by atoms with Crippen LogP contribution in [0.2, 0.25) is 0 Å². The molecule has 2 N–H and O–H groups in total. The Labute approximate surface area is 114 Å². The summed E-state index contributed by atoms with van der Waals surface area (Å²) in [4.78, 5) is 22.4. The first kappa shape index (κ1) is 12.4. The molecule has 6 heteroatoms. The van der Waals surface area contributed by atoms with E-state index in [2.05, 4.69) is 20.3 Å². The Balaban J connectivity index is 1.77. The fraction of sp³-hybridized carbons (Fsp3) is 0.308. The smallest absolute Gasteiger partial charge is 0.251 e. The van der Waals surface area contributed by atoms with Gasteiger partial charge in [0, 0.05) is 31.0 Å². The van der Waals surface area contributed by atoms with Crippen LogP contribution in [-0.4, -0.2) is 21.0 Å². The SMILES string of the molecule is O=c1ccnc(Sc2ncccc2CNC2CC2)[nH]1. The van der Waals surface area contributed by atoms with Crippen LogP contribution in [0.3, 0.4) is 0 Å². The van der Waals surface area contributed by atoms with E-state index in [1.165, 1.54) is 36.9 Å². The second kappa shape index (κ2) is 5.54. The molecule has 0 saturated heterocycles. The van der Waals surface area contributed by atoms with E-state index < -0.39 is 0 Å². The van der Waals surface area contributed by atoms with Gasteiger partial charge in [-0.2, -0.15) is 0 Å². The van der Waals surface area contributed by atoms with Crippen molar-refractivity contribution in [2.24, 2.45) is 0 Å². The normalized spacial score (nSPS) is 14.5. The Morgan fingerprint density at radius 1 is 1.32 bits per heavy atom. The molecule has 0 radical (unpaired) electrons. The number of aromatic nitrogens is 3. The highest BCUT2D eigenvalue weighted by Crippen LogP contribution is 2.26. The van der Waals surface area contributed by atoms with E-state index >= 15 is 0 Å². The van der Waals surface area contributed by atoms with Gasteiger partial charge in [-0.1, -0.05) is 6.07 Å². The second-order valence-electron chi connectivity index (χ2n) is 4.46. The standard InChI is InChI=1S/C13H14N4OS/c18-11-5-7-15-13(17-11)19-12-9(2-1-6-14-12)8-16-10-3-4-10/h1-2,5-7,10,16H,3-4,8H2,(H,15,17,18). The summed E-state index contributed by atoms with van der Waals surface area (Å²) >= 11 is 1.38. The minimum Gasteiger partial charge on any atom is -0.310 e. The number of aromatic amines is 1. The minimum absolute atomic E-state index is 0.147. The molecule has 2 heterocycles. The molecule has 0 atom stereocenters. The fourth-order valence-corrected chi connectivity index (χ4v) is 2.52. The van der Waals surface area contributed by atoms with E-state index in [1.54, 1.807) is 6.20 Å². The molecule has 1 aliphatic carbocycles. The van der Waals surface area contributed by atoms with Gasteiger partial charge in [0.1, 0.15) is 5.03 Å². The molecule has 0 unspecified atom stereocenters. The lowest BCUT2D eigenvalue weighted by Crippen LogP contribution is -2.16. The average molecular weight is 274 g/mol. The number of pyridine rings is 1. The Morgan fingerprint density at radius 2 is 2.21 bits per heavy atom. The van der Waals surface area contributed by atoms with Crippen LogP contribution in [0.1, 0.15) is 18.4 Å². The van der Waals surface area contributed by atoms with Crippen LogP contribution in [0.5, 0.6) is 0 Å². The molecule has 2 aromatic rings. The Kier molecular flexibility index (Phi) is 3.61. The van der Waals surface area contributed by atoms with Crippen LogP contribution in [0.25, 0.3) is 0 Å². The average Bonchev–Trinajstić information content (AvgIpc) is 3.22. The van der Waals surface area contributed by atoms with E-state index in [-0.39, 0.29) is 5.56 Å².